The van der Waals surface area contributed by atoms with Crippen molar-refractivity contribution in [2.24, 2.45) is 11.5 Å². The number of hydrogen-bond donors (Lipinski definition) is 3. The van der Waals surface area contributed by atoms with E-state index in [0.29, 0.717) is 55.4 Å². The van der Waals surface area contributed by atoms with Crippen molar-refractivity contribution >= 4 is 11.8 Å². The van der Waals surface area contributed by atoms with Gasteiger partial charge in [0.05, 0.1) is 31.5 Å². The molecule has 180 valence electrons. The number of rotatable bonds is 8. The van der Waals surface area contributed by atoms with Gasteiger partial charge in [-0.05, 0) is 48.8 Å². The number of allylic oxidation sites excluding steroid dienone is 2. The monoisotopic (exact) mass is 464 g/mol. The Morgan fingerprint density at radius 3 is 2.44 bits per heavy atom. The van der Waals surface area contributed by atoms with Gasteiger partial charge in [0.2, 0.25) is 0 Å². The molecule has 2 aromatic rings. The van der Waals surface area contributed by atoms with Gasteiger partial charge in [0.1, 0.15) is 0 Å². The molecule has 1 aliphatic heterocycles. The fourth-order valence-electron chi connectivity index (χ4n) is 3.68. The Morgan fingerprint density at radius 2 is 1.82 bits per heavy atom. The van der Waals surface area contributed by atoms with E-state index < -0.39 is 0 Å². The maximum absolute atomic E-state index is 12.6. The van der Waals surface area contributed by atoms with Crippen LogP contribution >= 0.6 is 0 Å². The maximum atomic E-state index is 12.6. The number of carbonyl (C=O) groups excluding carboxylic acids is 2. The van der Waals surface area contributed by atoms with Gasteiger partial charge in [0.25, 0.3) is 11.8 Å². The summed E-state index contributed by atoms with van der Waals surface area (Å²) in [6.07, 6.45) is 4.93. The molecule has 9 nitrogen and oxygen atoms in total. The average Bonchev–Trinajstić information content (AvgIpc) is 3.27. The highest BCUT2D eigenvalue weighted by molar-refractivity contribution is 5.94. The molecule has 0 bridgehead atoms. The van der Waals surface area contributed by atoms with E-state index in [0.717, 1.165) is 16.7 Å². The van der Waals surface area contributed by atoms with Crippen LogP contribution in [0.15, 0.2) is 71.9 Å². The first kappa shape index (κ1) is 24.8. The second-order valence-electron chi connectivity index (χ2n) is 8.27. The smallest absolute Gasteiger partial charge is 0.254 e. The number of carbonyl (C=O) groups is 2. The molecule has 1 saturated heterocycles. The molecular formula is C25H32N6O3. The maximum Gasteiger partial charge on any atom is 0.254 e. The van der Waals surface area contributed by atoms with Gasteiger partial charge in [0.15, 0.2) is 0 Å². The minimum Gasteiger partial charge on any atom is -0.402 e. The van der Waals surface area contributed by atoms with Gasteiger partial charge in [0, 0.05) is 42.8 Å². The van der Waals surface area contributed by atoms with Crippen molar-refractivity contribution in [2.75, 3.05) is 32.8 Å². The molecule has 1 aromatic carbocycles. The van der Waals surface area contributed by atoms with E-state index in [1.54, 1.807) is 28.8 Å². The molecule has 2 heterocycles. The normalized spacial score (nSPS) is 15.0. The summed E-state index contributed by atoms with van der Waals surface area (Å²) in [4.78, 5) is 27.0. The van der Waals surface area contributed by atoms with Crippen molar-refractivity contribution in [3.8, 4) is 0 Å². The van der Waals surface area contributed by atoms with E-state index >= 15 is 0 Å². The van der Waals surface area contributed by atoms with E-state index in [2.05, 4.69) is 17.0 Å². The molecule has 1 fully saturated rings. The summed E-state index contributed by atoms with van der Waals surface area (Å²) < 4.78 is 6.98. The van der Waals surface area contributed by atoms with Crippen molar-refractivity contribution in [1.29, 1.82) is 0 Å². The third-order valence-corrected chi connectivity index (χ3v) is 5.52. The van der Waals surface area contributed by atoms with Crippen LogP contribution in [0.25, 0.3) is 0 Å². The molecule has 0 radical (unpaired) electrons. The van der Waals surface area contributed by atoms with Crippen LogP contribution in [-0.2, 0) is 11.3 Å². The van der Waals surface area contributed by atoms with Crippen LogP contribution in [-0.4, -0.2) is 59.3 Å². The number of nitrogens with zero attached hydrogens (tertiary/aromatic N) is 3. The van der Waals surface area contributed by atoms with Gasteiger partial charge >= 0.3 is 0 Å². The van der Waals surface area contributed by atoms with Crippen molar-refractivity contribution < 1.29 is 14.3 Å². The van der Waals surface area contributed by atoms with Crippen molar-refractivity contribution in [2.45, 2.75) is 20.4 Å². The van der Waals surface area contributed by atoms with Crippen LogP contribution in [0.5, 0.6) is 0 Å². The van der Waals surface area contributed by atoms with E-state index in [1.165, 1.54) is 6.20 Å². The number of nitrogens with two attached hydrogens (primary N) is 2. The fraction of sp³-hybridized carbons (Fsp3) is 0.320. The fourth-order valence-corrected chi connectivity index (χ4v) is 3.68. The van der Waals surface area contributed by atoms with Gasteiger partial charge in [-0.1, -0.05) is 18.7 Å². The summed E-state index contributed by atoms with van der Waals surface area (Å²) in [7, 11) is 0. The second-order valence-corrected chi connectivity index (χ2v) is 8.27. The molecule has 2 amide bonds. The minimum atomic E-state index is -0.254. The number of aromatic nitrogens is 2. The Balaban J connectivity index is 1.58. The molecule has 0 saturated carbocycles. The quantitative estimate of drug-likeness (QED) is 0.511. The lowest BCUT2D eigenvalue weighted by Crippen LogP contribution is -2.40. The Kier molecular flexibility index (Phi) is 8.26. The average molecular weight is 465 g/mol. The summed E-state index contributed by atoms with van der Waals surface area (Å²) in [5.74, 6) is -0.245. The molecule has 9 heteroatoms. The van der Waals surface area contributed by atoms with E-state index in [1.807, 2.05) is 31.2 Å². The third kappa shape index (κ3) is 6.58. The number of hydrogen-bond acceptors (Lipinski definition) is 6. The lowest BCUT2D eigenvalue weighted by Gasteiger charge is -2.26. The predicted octanol–water partition coefficient (Wildman–Crippen LogP) is 1.79. The Labute approximate surface area is 199 Å². The molecule has 0 atom stereocenters. The second kappa shape index (κ2) is 11.3. The van der Waals surface area contributed by atoms with Gasteiger partial charge in [-0.3, -0.25) is 14.3 Å². The molecule has 1 aromatic heterocycles. The molecule has 3 rings (SSSR count). The Morgan fingerprint density at radius 1 is 1.15 bits per heavy atom. The first-order chi connectivity index (χ1) is 16.2. The van der Waals surface area contributed by atoms with E-state index in [4.69, 9.17) is 16.2 Å². The first-order valence-electron chi connectivity index (χ1n) is 11.1. The number of benzene rings is 1. The van der Waals surface area contributed by atoms with Crippen LogP contribution in [0, 0.1) is 0 Å². The largest absolute Gasteiger partial charge is 0.402 e. The third-order valence-electron chi connectivity index (χ3n) is 5.52. The topological polar surface area (TPSA) is 128 Å². The van der Waals surface area contributed by atoms with Crippen molar-refractivity contribution in [1.82, 2.24) is 20.0 Å². The molecule has 1 aliphatic rings. The van der Waals surface area contributed by atoms with Crippen LogP contribution in [0.4, 0.5) is 0 Å². The molecule has 0 aliphatic carbocycles. The number of morpholine rings is 1. The standard InChI is InChI=1S/C25H32N6O3/c1-17(12-18(2)26)23(19(3)27)14-28-24(32)22-13-29-31(16-22)15-20-4-6-21(7-5-20)25(33)30-8-10-34-11-9-30/h4-7,12-13,16H,2,8-11,14-15,26-27H2,1,3H3,(H,28,32)/b17-12-,23-19-. The van der Waals surface area contributed by atoms with E-state index in [-0.39, 0.29) is 18.4 Å². The molecular weight excluding hydrogens is 432 g/mol. The lowest BCUT2D eigenvalue weighted by atomic mass is 10.0. The van der Waals surface area contributed by atoms with Crippen LogP contribution < -0.4 is 16.8 Å². The van der Waals surface area contributed by atoms with Gasteiger partial charge in [-0.25, -0.2) is 0 Å². The van der Waals surface area contributed by atoms with Gasteiger partial charge in [-0.2, -0.15) is 5.10 Å². The lowest BCUT2D eigenvalue weighted by molar-refractivity contribution is 0.0303. The van der Waals surface area contributed by atoms with Crippen LogP contribution in [0.3, 0.4) is 0 Å². The van der Waals surface area contributed by atoms with Crippen LogP contribution in [0.2, 0.25) is 0 Å². The molecule has 5 N–H and O–H groups in total. The zero-order valence-electron chi connectivity index (χ0n) is 19.7. The highest BCUT2D eigenvalue weighted by Gasteiger charge is 2.18. The van der Waals surface area contributed by atoms with Crippen molar-refractivity contribution in [3.05, 3.63) is 88.5 Å². The Hall–Kier alpha value is -3.85. The van der Waals surface area contributed by atoms with E-state index in [9.17, 15) is 9.59 Å². The van der Waals surface area contributed by atoms with Crippen molar-refractivity contribution in [3.63, 3.8) is 0 Å². The summed E-state index contributed by atoms with van der Waals surface area (Å²) in [6.45, 7) is 10.4. The van der Waals surface area contributed by atoms with Gasteiger partial charge < -0.3 is 26.4 Å². The highest BCUT2D eigenvalue weighted by atomic mass is 16.5. The van der Waals surface area contributed by atoms with Gasteiger partial charge in [-0.15, -0.1) is 0 Å². The zero-order valence-corrected chi connectivity index (χ0v) is 19.7. The van der Waals surface area contributed by atoms with Crippen LogP contribution in [0.1, 0.15) is 40.1 Å². The predicted molar refractivity (Wildman–Crippen MR) is 131 cm³/mol. The Bertz CT molecular complexity index is 1100. The molecule has 0 unspecified atom stereocenters. The summed E-state index contributed by atoms with van der Waals surface area (Å²) in [5.41, 5.74) is 16.3. The summed E-state index contributed by atoms with van der Waals surface area (Å²) >= 11 is 0. The number of nitrogens with one attached hydrogen (secondary N) is 1. The summed E-state index contributed by atoms with van der Waals surface area (Å²) in [6, 6.07) is 7.44. The first-order valence-corrected chi connectivity index (χ1v) is 11.1. The molecule has 0 spiro atoms. The SMILES string of the molecule is C=C(N)/C=C(C)\C(CNC(=O)c1cnn(Cc2ccc(C(=O)N3CCOCC3)cc2)c1)=C(\C)N. The number of amides is 2. The molecule has 34 heavy (non-hydrogen) atoms. The number of ether oxygens (including phenoxy) is 1. The highest BCUT2D eigenvalue weighted by Crippen LogP contribution is 2.13. The summed E-state index contributed by atoms with van der Waals surface area (Å²) in [5, 5.41) is 7.16. The minimum absolute atomic E-state index is 0.00916. The zero-order chi connectivity index (χ0) is 24.7.